The molecule has 1 N–H and O–H groups in total. The van der Waals surface area contributed by atoms with E-state index < -0.39 is 0 Å². The SMILES string of the molecule is CN(C)C1CCN(C(=O)[C@H]2CCc3c(sc4ncnc(Nc5ccc6nnsc6c5)c34)C2)CC1. The quantitative estimate of drug-likeness (QED) is 0.458. The Kier molecular flexibility index (Phi) is 5.66. The molecule has 1 atom stereocenters. The van der Waals surface area contributed by atoms with Gasteiger partial charge in [0.2, 0.25) is 5.91 Å². The maximum Gasteiger partial charge on any atom is 0.226 e. The maximum atomic E-state index is 13.3. The van der Waals surface area contributed by atoms with Gasteiger partial charge < -0.3 is 15.1 Å². The monoisotopic (exact) mass is 493 g/mol. The minimum absolute atomic E-state index is 0.0714. The number of nitrogens with one attached hydrogen (secondary N) is 1. The first-order chi connectivity index (χ1) is 16.6. The number of anilines is 2. The molecule has 4 aromatic rings. The van der Waals surface area contributed by atoms with Crippen molar-refractivity contribution in [3.63, 3.8) is 0 Å². The first-order valence-electron chi connectivity index (χ1n) is 11.8. The van der Waals surface area contributed by atoms with Gasteiger partial charge in [-0.25, -0.2) is 9.97 Å². The molecule has 6 rings (SSSR count). The van der Waals surface area contributed by atoms with Crippen LogP contribution in [0.25, 0.3) is 20.4 Å². The van der Waals surface area contributed by atoms with Crippen LogP contribution in [0.4, 0.5) is 11.5 Å². The van der Waals surface area contributed by atoms with Gasteiger partial charge in [-0.15, -0.1) is 16.4 Å². The van der Waals surface area contributed by atoms with E-state index in [0.29, 0.717) is 11.9 Å². The number of hydrogen-bond acceptors (Lipinski definition) is 9. The van der Waals surface area contributed by atoms with Crippen molar-refractivity contribution in [1.29, 1.82) is 0 Å². The van der Waals surface area contributed by atoms with Gasteiger partial charge in [-0.05, 0) is 81.5 Å². The molecule has 10 heteroatoms. The second kappa shape index (κ2) is 8.83. The molecule has 1 saturated heterocycles. The number of nitrogens with zero attached hydrogens (tertiary/aromatic N) is 6. The lowest BCUT2D eigenvalue weighted by atomic mass is 9.86. The zero-order valence-electron chi connectivity index (χ0n) is 19.3. The van der Waals surface area contributed by atoms with Gasteiger partial charge in [-0.1, -0.05) is 4.49 Å². The lowest BCUT2D eigenvalue weighted by Crippen LogP contribution is -2.47. The van der Waals surface area contributed by atoms with Crippen molar-refractivity contribution < 1.29 is 4.79 Å². The summed E-state index contributed by atoms with van der Waals surface area (Å²) >= 11 is 3.10. The highest BCUT2D eigenvalue weighted by Crippen LogP contribution is 2.41. The van der Waals surface area contributed by atoms with Gasteiger partial charge in [-0.3, -0.25) is 4.79 Å². The van der Waals surface area contributed by atoms with E-state index in [1.54, 1.807) is 17.7 Å². The number of fused-ring (bicyclic) bond motifs is 4. The summed E-state index contributed by atoms with van der Waals surface area (Å²) in [5.74, 6) is 1.23. The average Bonchev–Trinajstić information content (AvgIpc) is 3.47. The highest BCUT2D eigenvalue weighted by molar-refractivity contribution is 7.19. The summed E-state index contributed by atoms with van der Waals surface area (Å²) in [6.07, 6.45) is 6.33. The highest BCUT2D eigenvalue weighted by Gasteiger charge is 2.33. The normalized spacial score (nSPS) is 19.1. The summed E-state index contributed by atoms with van der Waals surface area (Å²) in [5, 5.41) is 8.71. The van der Waals surface area contributed by atoms with Crippen LogP contribution in [-0.4, -0.2) is 68.5 Å². The summed E-state index contributed by atoms with van der Waals surface area (Å²) in [4.78, 5) is 29.1. The van der Waals surface area contributed by atoms with E-state index in [4.69, 9.17) is 0 Å². The molecule has 8 nitrogen and oxygen atoms in total. The van der Waals surface area contributed by atoms with E-state index in [9.17, 15) is 4.79 Å². The molecule has 34 heavy (non-hydrogen) atoms. The van der Waals surface area contributed by atoms with E-state index in [0.717, 1.165) is 77.1 Å². The van der Waals surface area contributed by atoms with E-state index in [1.165, 1.54) is 22.0 Å². The second-order valence-corrected chi connectivity index (χ2v) is 11.3. The van der Waals surface area contributed by atoms with Crippen LogP contribution in [0, 0.1) is 5.92 Å². The Bertz CT molecular complexity index is 1360. The number of aryl methyl sites for hydroxylation is 1. The van der Waals surface area contributed by atoms with E-state index in [2.05, 4.69) is 54.8 Å². The van der Waals surface area contributed by atoms with Crippen LogP contribution >= 0.6 is 22.9 Å². The van der Waals surface area contributed by atoms with E-state index in [-0.39, 0.29) is 5.92 Å². The first kappa shape index (κ1) is 21.8. The predicted octanol–water partition coefficient (Wildman–Crippen LogP) is 4.10. The molecular weight excluding hydrogens is 466 g/mol. The summed E-state index contributed by atoms with van der Waals surface area (Å²) in [6.45, 7) is 1.74. The minimum Gasteiger partial charge on any atom is -0.342 e. The summed E-state index contributed by atoms with van der Waals surface area (Å²) in [6, 6.07) is 6.62. The third-order valence-electron chi connectivity index (χ3n) is 7.21. The number of rotatable bonds is 4. The molecule has 4 heterocycles. The van der Waals surface area contributed by atoms with Crippen LogP contribution in [0.2, 0.25) is 0 Å². The molecule has 3 aromatic heterocycles. The molecule has 0 saturated carbocycles. The zero-order chi connectivity index (χ0) is 23.2. The molecule has 0 spiro atoms. The van der Waals surface area contributed by atoms with Gasteiger partial charge >= 0.3 is 0 Å². The molecule has 1 aliphatic heterocycles. The average molecular weight is 494 g/mol. The Morgan fingerprint density at radius 3 is 2.85 bits per heavy atom. The molecule has 176 valence electrons. The number of likely N-dealkylation sites (tertiary alicyclic amines) is 1. The molecule has 0 unspecified atom stereocenters. The number of piperidine rings is 1. The highest BCUT2D eigenvalue weighted by atomic mass is 32.1. The molecule has 1 aliphatic carbocycles. The lowest BCUT2D eigenvalue weighted by Gasteiger charge is -2.37. The Hall–Kier alpha value is -2.69. The van der Waals surface area contributed by atoms with E-state index in [1.807, 2.05) is 12.1 Å². The number of carbonyl (C=O) groups is 1. The van der Waals surface area contributed by atoms with Gasteiger partial charge in [0.15, 0.2) is 0 Å². The number of benzene rings is 1. The maximum absolute atomic E-state index is 13.3. The second-order valence-electron chi connectivity index (χ2n) is 9.45. The van der Waals surface area contributed by atoms with Crippen LogP contribution in [0.1, 0.15) is 29.7 Å². The molecule has 1 fully saturated rings. The van der Waals surface area contributed by atoms with Crippen LogP contribution < -0.4 is 5.32 Å². The van der Waals surface area contributed by atoms with E-state index >= 15 is 0 Å². The molecule has 2 aliphatic rings. The Balaban J connectivity index is 1.22. The van der Waals surface area contributed by atoms with Crippen molar-refractivity contribution in [3.8, 4) is 0 Å². The predicted molar refractivity (Wildman–Crippen MR) is 137 cm³/mol. The lowest BCUT2D eigenvalue weighted by molar-refractivity contribution is -0.137. The Morgan fingerprint density at radius 2 is 2.03 bits per heavy atom. The number of aromatic nitrogens is 4. The standard InChI is InChI=1S/C24H27N7OS2/c1-30(2)16-7-9-31(10-8-16)24(32)14-3-5-17-19(11-14)33-23-21(17)22(25-13-26-23)27-15-4-6-18-20(12-15)34-29-28-18/h4,6,12-14,16H,3,5,7-11H2,1-2H3,(H,25,26,27)/t14-/m0/s1. The largest absolute Gasteiger partial charge is 0.342 e. The summed E-state index contributed by atoms with van der Waals surface area (Å²) in [7, 11) is 4.26. The molecule has 1 amide bonds. The van der Waals surface area contributed by atoms with Gasteiger partial charge in [-0.2, -0.15) is 0 Å². The smallest absolute Gasteiger partial charge is 0.226 e. The van der Waals surface area contributed by atoms with Crippen LogP contribution in [0.5, 0.6) is 0 Å². The Labute approximate surface area is 206 Å². The fraction of sp³-hybridized carbons (Fsp3) is 0.458. The molecule has 0 radical (unpaired) electrons. The molecule has 0 bridgehead atoms. The van der Waals surface area contributed by atoms with Crippen molar-refractivity contribution in [3.05, 3.63) is 35.0 Å². The van der Waals surface area contributed by atoms with Crippen LogP contribution in [-0.2, 0) is 17.6 Å². The summed E-state index contributed by atoms with van der Waals surface area (Å²) < 4.78 is 5.06. The van der Waals surface area contributed by atoms with Gasteiger partial charge in [0, 0.05) is 35.6 Å². The number of carbonyl (C=O) groups excluding carboxylic acids is 1. The molecule has 1 aromatic carbocycles. The fourth-order valence-corrected chi connectivity index (χ4v) is 7.14. The topological polar surface area (TPSA) is 87.1 Å². The number of thiophene rings is 1. The van der Waals surface area contributed by atoms with Gasteiger partial charge in [0.1, 0.15) is 22.5 Å². The third-order valence-corrected chi connectivity index (χ3v) is 9.06. The van der Waals surface area contributed by atoms with Crippen LogP contribution in [0.15, 0.2) is 24.5 Å². The third kappa shape index (κ3) is 3.93. The van der Waals surface area contributed by atoms with Gasteiger partial charge in [0.05, 0.1) is 10.1 Å². The summed E-state index contributed by atoms with van der Waals surface area (Å²) in [5.41, 5.74) is 3.17. The van der Waals surface area contributed by atoms with Crippen molar-refractivity contribution in [2.45, 2.75) is 38.1 Å². The van der Waals surface area contributed by atoms with Crippen LogP contribution in [0.3, 0.4) is 0 Å². The first-order valence-corrected chi connectivity index (χ1v) is 13.4. The molecular formula is C24H27N7OS2. The van der Waals surface area contributed by atoms with Crippen molar-refractivity contribution in [2.75, 3.05) is 32.5 Å². The number of hydrogen-bond donors (Lipinski definition) is 1. The van der Waals surface area contributed by atoms with Crippen molar-refractivity contribution in [1.82, 2.24) is 29.4 Å². The van der Waals surface area contributed by atoms with Crippen molar-refractivity contribution in [2.24, 2.45) is 5.92 Å². The zero-order valence-corrected chi connectivity index (χ0v) is 21.0. The van der Waals surface area contributed by atoms with Gasteiger partial charge in [0.25, 0.3) is 0 Å². The fourth-order valence-electron chi connectivity index (χ4n) is 5.27. The minimum atomic E-state index is 0.0714. The Morgan fingerprint density at radius 1 is 1.18 bits per heavy atom. The van der Waals surface area contributed by atoms with Crippen molar-refractivity contribution >= 4 is 60.7 Å². The number of amides is 1.